The topological polar surface area (TPSA) is 45.8 Å². The van der Waals surface area contributed by atoms with Crippen LogP contribution in [0, 0.1) is 5.92 Å². The van der Waals surface area contributed by atoms with Gasteiger partial charge in [-0.2, -0.15) is 5.10 Å². The number of benzene rings is 1. The number of hydrogen-bond acceptors (Lipinski definition) is 2. The van der Waals surface area contributed by atoms with Gasteiger partial charge in [0.15, 0.2) is 0 Å². The normalized spacial score (nSPS) is 10.8. The lowest BCUT2D eigenvalue weighted by Crippen LogP contribution is -2.05. The van der Waals surface area contributed by atoms with Gasteiger partial charge in [0.05, 0.1) is 5.69 Å². The standard InChI is InChI=1S/C14H16N2O/c1-10(2)9-11-3-5-12(6-4-11)13-7-8-14(17)16-15-13/h3-8,10H,9H2,1-2H3,(H,16,17). The highest BCUT2D eigenvalue weighted by Crippen LogP contribution is 2.17. The Labute approximate surface area is 101 Å². The number of aromatic nitrogens is 2. The first kappa shape index (κ1) is 11.6. The van der Waals surface area contributed by atoms with E-state index in [-0.39, 0.29) is 5.56 Å². The van der Waals surface area contributed by atoms with E-state index >= 15 is 0 Å². The first-order chi connectivity index (χ1) is 8.15. The number of nitrogens with one attached hydrogen (secondary N) is 1. The minimum atomic E-state index is -0.176. The van der Waals surface area contributed by atoms with Gasteiger partial charge < -0.3 is 0 Å². The number of aromatic amines is 1. The third-order valence-corrected chi connectivity index (χ3v) is 2.57. The van der Waals surface area contributed by atoms with Crippen LogP contribution in [0.3, 0.4) is 0 Å². The summed E-state index contributed by atoms with van der Waals surface area (Å²) in [6.45, 7) is 4.41. The minimum absolute atomic E-state index is 0.176. The van der Waals surface area contributed by atoms with Gasteiger partial charge in [0.25, 0.3) is 5.56 Å². The quantitative estimate of drug-likeness (QED) is 0.877. The number of nitrogens with zero attached hydrogens (tertiary/aromatic N) is 1. The Morgan fingerprint density at radius 2 is 1.82 bits per heavy atom. The molecule has 0 radical (unpaired) electrons. The molecule has 0 aliphatic rings. The van der Waals surface area contributed by atoms with Crippen LogP contribution in [0.15, 0.2) is 41.2 Å². The van der Waals surface area contributed by atoms with Crippen LogP contribution in [0.2, 0.25) is 0 Å². The van der Waals surface area contributed by atoms with Crippen molar-refractivity contribution in [2.75, 3.05) is 0 Å². The number of rotatable bonds is 3. The molecule has 3 nitrogen and oxygen atoms in total. The lowest BCUT2D eigenvalue weighted by molar-refractivity contribution is 0.647. The zero-order valence-corrected chi connectivity index (χ0v) is 10.1. The predicted octanol–water partition coefficient (Wildman–Crippen LogP) is 2.64. The molecule has 1 aromatic carbocycles. The van der Waals surface area contributed by atoms with Gasteiger partial charge >= 0.3 is 0 Å². The maximum atomic E-state index is 10.9. The van der Waals surface area contributed by atoms with E-state index in [0.717, 1.165) is 17.7 Å². The smallest absolute Gasteiger partial charge is 0.264 e. The van der Waals surface area contributed by atoms with Crippen molar-refractivity contribution in [3.63, 3.8) is 0 Å². The molecular formula is C14H16N2O. The van der Waals surface area contributed by atoms with Crippen molar-refractivity contribution in [2.45, 2.75) is 20.3 Å². The molecule has 88 valence electrons. The average molecular weight is 228 g/mol. The van der Waals surface area contributed by atoms with E-state index in [9.17, 15) is 4.79 Å². The number of hydrogen-bond donors (Lipinski definition) is 1. The van der Waals surface area contributed by atoms with Crippen LogP contribution >= 0.6 is 0 Å². The Kier molecular flexibility index (Phi) is 3.38. The number of H-pyrrole nitrogens is 1. The van der Waals surface area contributed by atoms with Crippen molar-refractivity contribution < 1.29 is 0 Å². The summed E-state index contributed by atoms with van der Waals surface area (Å²) in [4.78, 5) is 10.9. The molecule has 1 aromatic heterocycles. The second kappa shape index (κ2) is 4.95. The monoisotopic (exact) mass is 228 g/mol. The maximum absolute atomic E-state index is 10.9. The van der Waals surface area contributed by atoms with Crippen molar-refractivity contribution in [1.82, 2.24) is 10.2 Å². The third-order valence-electron chi connectivity index (χ3n) is 2.57. The van der Waals surface area contributed by atoms with E-state index in [2.05, 4.69) is 36.2 Å². The van der Waals surface area contributed by atoms with Crippen LogP contribution in [0.5, 0.6) is 0 Å². The fraction of sp³-hybridized carbons (Fsp3) is 0.286. The van der Waals surface area contributed by atoms with Crippen molar-refractivity contribution in [3.8, 4) is 11.3 Å². The summed E-state index contributed by atoms with van der Waals surface area (Å²) in [6, 6.07) is 11.5. The maximum Gasteiger partial charge on any atom is 0.264 e. The Hall–Kier alpha value is -1.90. The SMILES string of the molecule is CC(C)Cc1ccc(-c2ccc(=O)[nH]n2)cc1. The summed E-state index contributed by atoms with van der Waals surface area (Å²) in [5, 5.41) is 6.44. The van der Waals surface area contributed by atoms with Crippen LogP contribution < -0.4 is 5.56 Å². The first-order valence-electron chi connectivity index (χ1n) is 5.80. The summed E-state index contributed by atoms with van der Waals surface area (Å²) < 4.78 is 0. The Balaban J connectivity index is 2.23. The molecule has 0 saturated heterocycles. The zero-order valence-electron chi connectivity index (χ0n) is 10.1. The van der Waals surface area contributed by atoms with E-state index in [4.69, 9.17) is 0 Å². The van der Waals surface area contributed by atoms with Gasteiger partial charge in [0.2, 0.25) is 0 Å². The fourth-order valence-corrected chi connectivity index (χ4v) is 1.79. The molecule has 0 atom stereocenters. The van der Waals surface area contributed by atoms with Crippen LogP contribution in [-0.4, -0.2) is 10.2 Å². The summed E-state index contributed by atoms with van der Waals surface area (Å²) in [6.07, 6.45) is 1.08. The lowest BCUT2D eigenvalue weighted by atomic mass is 10.0. The molecule has 2 rings (SSSR count). The Morgan fingerprint density at radius 1 is 1.12 bits per heavy atom. The van der Waals surface area contributed by atoms with Gasteiger partial charge in [-0.25, -0.2) is 5.10 Å². The van der Waals surface area contributed by atoms with E-state index in [0.29, 0.717) is 5.92 Å². The minimum Gasteiger partial charge on any atom is -0.268 e. The summed E-state index contributed by atoms with van der Waals surface area (Å²) >= 11 is 0. The molecule has 2 aromatic rings. The fourth-order valence-electron chi connectivity index (χ4n) is 1.79. The van der Waals surface area contributed by atoms with Gasteiger partial charge in [-0.15, -0.1) is 0 Å². The van der Waals surface area contributed by atoms with Crippen LogP contribution in [0.25, 0.3) is 11.3 Å². The lowest BCUT2D eigenvalue weighted by Gasteiger charge is -2.05. The van der Waals surface area contributed by atoms with Crippen LogP contribution in [-0.2, 0) is 6.42 Å². The summed E-state index contributed by atoms with van der Waals surface area (Å²) in [7, 11) is 0. The second-order valence-corrected chi connectivity index (χ2v) is 4.60. The van der Waals surface area contributed by atoms with Gasteiger partial charge in [-0.05, 0) is 24.0 Å². The van der Waals surface area contributed by atoms with Crippen molar-refractivity contribution in [2.24, 2.45) is 5.92 Å². The molecule has 0 amide bonds. The van der Waals surface area contributed by atoms with Gasteiger partial charge in [-0.1, -0.05) is 38.1 Å². The molecule has 1 N–H and O–H groups in total. The van der Waals surface area contributed by atoms with Crippen molar-refractivity contribution in [3.05, 3.63) is 52.3 Å². The molecule has 0 saturated carbocycles. The van der Waals surface area contributed by atoms with Crippen LogP contribution in [0.4, 0.5) is 0 Å². The first-order valence-corrected chi connectivity index (χ1v) is 5.80. The molecule has 0 aliphatic carbocycles. The van der Waals surface area contributed by atoms with Gasteiger partial charge in [0.1, 0.15) is 0 Å². The molecule has 0 spiro atoms. The van der Waals surface area contributed by atoms with Crippen LogP contribution in [0.1, 0.15) is 19.4 Å². The molecule has 0 unspecified atom stereocenters. The average Bonchev–Trinajstić information content (AvgIpc) is 2.30. The Morgan fingerprint density at radius 3 is 2.35 bits per heavy atom. The molecule has 3 heteroatoms. The summed E-state index contributed by atoms with van der Waals surface area (Å²) in [5.74, 6) is 0.659. The van der Waals surface area contributed by atoms with E-state index < -0.39 is 0 Å². The van der Waals surface area contributed by atoms with E-state index in [1.165, 1.54) is 11.6 Å². The molecule has 1 heterocycles. The molecule has 0 fully saturated rings. The highest BCUT2D eigenvalue weighted by atomic mass is 16.1. The zero-order chi connectivity index (χ0) is 12.3. The van der Waals surface area contributed by atoms with Crippen molar-refractivity contribution >= 4 is 0 Å². The summed E-state index contributed by atoms with van der Waals surface area (Å²) in [5.41, 5.74) is 2.97. The van der Waals surface area contributed by atoms with Gasteiger partial charge in [0, 0.05) is 11.6 Å². The molecule has 17 heavy (non-hydrogen) atoms. The molecule has 0 aliphatic heterocycles. The molecular weight excluding hydrogens is 212 g/mol. The third kappa shape index (κ3) is 3.03. The van der Waals surface area contributed by atoms with E-state index in [1.54, 1.807) is 6.07 Å². The highest BCUT2D eigenvalue weighted by Gasteiger charge is 2.01. The van der Waals surface area contributed by atoms with Crippen molar-refractivity contribution in [1.29, 1.82) is 0 Å². The van der Waals surface area contributed by atoms with Gasteiger partial charge in [-0.3, -0.25) is 4.79 Å². The largest absolute Gasteiger partial charge is 0.268 e. The predicted molar refractivity (Wildman–Crippen MR) is 68.8 cm³/mol. The highest BCUT2D eigenvalue weighted by molar-refractivity contribution is 5.58. The Bertz CT molecular complexity index is 520. The van der Waals surface area contributed by atoms with E-state index in [1.807, 2.05) is 12.1 Å². The second-order valence-electron chi connectivity index (χ2n) is 4.60. The molecule has 0 bridgehead atoms.